The highest BCUT2D eigenvalue weighted by Gasteiger charge is 2.04. The Morgan fingerprint density at radius 1 is 0.714 bits per heavy atom. The summed E-state index contributed by atoms with van der Waals surface area (Å²) in [4.78, 5) is 21.0. The second-order valence-electron chi connectivity index (χ2n) is 9.55. The van der Waals surface area contributed by atoms with Gasteiger partial charge in [-0.1, -0.05) is 64.0 Å². The van der Waals surface area contributed by atoms with Crippen LogP contribution in [0.4, 0.5) is 5.69 Å². The van der Waals surface area contributed by atoms with E-state index in [0.29, 0.717) is 6.42 Å². The van der Waals surface area contributed by atoms with Gasteiger partial charge in [-0.3, -0.25) is 14.8 Å². The molecule has 0 atom stereocenters. The molecule has 1 N–H and O–H groups in total. The van der Waals surface area contributed by atoms with Crippen molar-refractivity contribution in [3.8, 4) is 11.4 Å². The van der Waals surface area contributed by atoms with Crippen molar-refractivity contribution in [3.05, 3.63) is 77.6 Å². The summed E-state index contributed by atoms with van der Waals surface area (Å²) in [6, 6.07) is 16.6. The summed E-state index contributed by atoms with van der Waals surface area (Å²) in [7, 11) is 0. The number of pyridine rings is 2. The third-order valence-corrected chi connectivity index (χ3v) is 6.52. The fourth-order valence-corrected chi connectivity index (χ4v) is 4.35. The minimum Gasteiger partial charge on any atom is -0.326 e. The molecule has 1 aromatic carbocycles. The van der Waals surface area contributed by atoms with E-state index >= 15 is 0 Å². The molecule has 0 unspecified atom stereocenters. The second kappa shape index (κ2) is 15.1. The van der Waals surface area contributed by atoms with E-state index in [1.165, 1.54) is 61.6 Å². The van der Waals surface area contributed by atoms with Gasteiger partial charge in [-0.2, -0.15) is 0 Å². The van der Waals surface area contributed by atoms with Gasteiger partial charge in [0.1, 0.15) is 0 Å². The third kappa shape index (κ3) is 10.0. The van der Waals surface area contributed by atoms with Crippen LogP contribution in [-0.4, -0.2) is 15.9 Å². The van der Waals surface area contributed by atoms with Gasteiger partial charge in [-0.15, -0.1) is 0 Å². The first-order chi connectivity index (χ1) is 17.1. The summed E-state index contributed by atoms with van der Waals surface area (Å²) in [5, 5.41) is 3.00. The zero-order valence-corrected chi connectivity index (χ0v) is 21.6. The number of amides is 1. The van der Waals surface area contributed by atoms with Crippen molar-refractivity contribution in [2.24, 2.45) is 0 Å². The number of nitrogens with one attached hydrogen (secondary N) is 1. The molecule has 2 aromatic heterocycles. The van der Waals surface area contributed by atoms with Crippen LogP contribution in [0.15, 0.2) is 60.9 Å². The molecule has 3 aromatic rings. The van der Waals surface area contributed by atoms with E-state index in [-0.39, 0.29) is 5.91 Å². The highest BCUT2D eigenvalue weighted by atomic mass is 16.1. The van der Waals surface area contributed by atoms with Crippen LogP contribution in [0.5, 0.6) is 0 Å². The fourth-order valence-electron chi connectivity index (χ4n) is 4.35. The lowest BCUT2D eigenvalue weighted by atomic mass is 10.0. The van der Waals surface area contributed by atoms with Gasteiger partial charge in [0, 0.05) is 24.5 Å². The van der Waals surface area contributed by atoms with Gasteiger partial charge >= 0.3 is 0 Å². The van der Waals surface area contributed by atoms with Crippen molar-refractivity contribution in [2.45, 2.75) is 90.9 Å². The topological polar surface area (TPSA) is 54.9 Å². The number of carbonyl (C=O) groups is 1. The maximum atomic E-state index is 12.1. The zero-order chi connectivity index (χ0) is 24.7. The number of hydrogen-bond acceptors (Lipinski definition) is 3. The predicted octanol–water partition coefficient (Wildman–Crippen LogP) is 8.10. The van der Waals surface area contributed by atoms with Gasteiger partial charge < -0.3 is 5.32 Å². The minimum absolute atomic E-state index is 0.130. The number of benzene rings is 1. The maximum absolute atomic E-state index is 12.1. The quantitative estimate of drug-likeness (QED) is 0.228. The van der Waals surface area contributed by atoms with Crippen LogP contribution in [0.2, 0.25) is 0 Å². The Hall–Kier alpha value is -3.01. The lowest BCUT2D eigenvalue weighted by Gasteiger charge is -2.06. The summed E-state index contributed by atoms with van der Waals surface area (Å²) in [6.45, 7) is 4.22. The van der Waals surface area contributed by atoms with Gasteiger partial charge in [-0.05, 0) is 85.7 Å². The lowest BCUT2D eigenvalue weighted by molar-refractivity contribution is -0.116. The van der Waals surface area contributed by atoms with E-state index in [2.05, 4.69) is 59.5 Å². The van der Waals surface area contributed by atoms with Crippen molar-refractivity contribution in [3.63, 3.8) is 0 Å². The molecule has 0 fully saturated rings. The molecule has 0 saturated heterocycles. The second-order valence-corrected chi connectivity index (χ2v) is 9.55. The molecule has 4 heteroatoms. The molecule has 0 aliphatic rings. The van der Waals surface area contributed by atoms with Crippen LogP contribution < -0.4 is 5.32 Å². The Kier molecular flexibility index (Phi) is 11.5. The van der Waals surface area contributed by atoms with Crippen LogP contribution in [0.25, 0.3) is 11.4 Å². The summed E-state index contributed by atoms with van der Waals surface area (Å²) in [5.41, 5.74) is 6.67. The van der Waals surface area contributed by atoms with E-state index in [0.717, 1.165) is 42.8 Å². The van der Waals surface area contributed by atoms with Gasteiger partial charge in [0.15, 0.2) is 0 Å². The summed E-state index contributed by atoms with van der Waals surface area (Å²) in [5.74, 6) is 0.130. The van der Waals surface area contributed by atoms with E-state index in [1.54, 1.807) is 0 Å². The van der Waals surface area contributed by atoms with E-state index < -0.39 is 0 Å². The van der Waals surface area contributed by atoms with Crippen molar-refractivity contribution >= 4 is 11.6 Å². The monoisotopic (exact) mass is 471 g/mol. The Balaban J connectivity index is 1.18. The fraction of sp³-hybridized carbons (Fsp3) is 0.452. The largest absolute Gasteiger partial charge is 0.326 e. The van der Waals surface area contributed by atoms with Crippen LogP contribution in [0.3, 0.4) is 0 Å². The molecule has 3 rings (SSSR count). The number of anilines is 1. The molecule has 186 valence electrons. The number of unbranched alkanes of at least 4 members (excludes halogenated alkanes) is 8. The smallest absolute Gasteiger partial charge is 0.224 e. The van der Waals surface area contributed by atoms with Crippen LogP contribution in [0.1, 0.15) is 87.8 Å². The van der Waals surface area contributed by atoms with Crippen molar-refractivity contribution < 1.29 is 4.79 Å². The number of aromatic nitrogens is 2. The number of rotatable bonds is 15. The van der Waals surface area contributed by atoms with Gasteiger partial charge in [0.25, 0.3) is 0 Å². The Bertz CT molecular complexity index is 1030. The Morgan fingerprint density at radius 3 is 1.97 bits per heavy atom. The SMILES string of the molecule is CCc1ccc(NC(=O)CCCCCCCCCCCc2ccnc(-c3cc(C)ccn3)c2)cc1. The molecular formula is C31H41N3O. The van der Waals surface area contributed by atoms with Crippen LogP contribution in [0, 0.1) is 6.92 Å². The average molecular weight is 472 g/mol. The zero-order valence-electron chi connectivity index (χ0n) is 21.6. The number of carbonyl (C=O) groups excluding carboxylic acids is 1. The number of nitrogens with zero attached hydrogens (tertiary/aromatic N) is 2. The van der Waals surface area contributed by atoms with E-state index in [9.17, 15) is 4.79 Å². The normalized spacial score (nSPS) is 10.9. The van der Waals surface area contributed by atoms with E-state index in [1.807, 2.05) is 30.6 Å². The molecule has 0 saturated carbocycles. The predicted molar refractivity (Wildman–Crippen MR) is 147 cm³/mol. The first kappa shape index (κ1) is 26.6. The summed E-state index contributed by atoms with van der Waals surface area (Å²) < 4.78 is 0. The molecule has 0 aliphatic heterocycles. The summed E-state index contributed by atoms with van der Waals surface area (Å²) in [6.07, 6.45) is 17.5. The van der Waals surface area contributed by atoms with Gasteiger partial charge in [0.05, 0.1) is 11.4 Å². The first-order valence-electron chi connectivity index (χ1n) is 13.4. The number of aryl methyl sites for hydroxylation is 3. The molecule has 4 nitrogen and oxygen atoms in total. The maximum Gasteiger partial charge on any atom is 0.224 e. The number of hydrogen-bond donors (Lipinski definition) is 1. The Morgan fingerprint density at radius 2 is 1.31 bits per heavy atom. The highest BCUT2D eigenvalue weighted by molar-refractivity contribution is 5.90. The molecule has 0 aliphatic carbocycles. The standard InChI is InChI=1S/C31H41N3O/c1-3-26-15-17-28(18-16-26)34-31(35)14-12-10-8-6-4-5-7-9-11-13-27-20-22-33-30(24-27)29-23-25(2)19-21-32-29/h15-24H,3-14H2,1-2H3,(H,34,35). The van der Waals surface area contributed by atoms with Gasteiger partial charge in [-0.25, -0.2) is 0 Å². The third-order valence-electron chi connectivity index (χ3n) is 6.52. The highest BCUT2D eigenvalue weighted by Crippen LogP contribution is 2.18. The van der Waals surface area contributed by atoms with Crippen molar-refractivity contribution in [1.82, 2.24) is 9.97 Å². The molecule has 2 heterocycles. The van der Waals surface area contributed by atoms with Gasteiger partial charge in [0.2, 0.25) is 5.91 Å². The van der Waals surface area contributed by atoms with E-state index in [4.69, 9.17) is 0 Å². The lowest BCUT2D eigenvalue weighted by Crippen LogP contribution is -2.10. The van der Waals surface area contributed by atoms with Crippen LogP contribution >= 0.6 is 0 Å². The van der Waals surface area contributed by atoms with Crippen LogP contribution in [-0.2, 0) is 17.6 Å². The average Bonchev–Trinajstić information content (AvgIpc) is 2.88. The molecule has 0 radical (unpaired) electrons. The molecular weight excluding hydrogens is 430 g/mol. The summed E-state index contributed by atoms with van der Waals surface area (Å²) >= 11 is 0. The van der Waals surface area contributed by atoms with Crippen molar-refractivity contribution in [1.29, 1.82) is 0 Å². The Labute approximate surface area is 211 Å². The molecule has 0 bridgehead atoms. The molecule has 0 spiro atoms. The minimum atomic E-state index is 0.130. The molecule has 35 heavy (non-hydrogen) atoms. The van der Waals surface area contributed by atoms with Crippen molar-refractivity contribution in [2.75, 3.05) is 5.32 Å². The molecule has 1 amide bonds. The first-order valence-corrected chi connectivity index (χ1v) is 13.4.